The Kier molecular flexibility index (Phi) is 4.45. The zero-order valence-corrected chi connectivity index (χ0v) is 9.10. The van der Waals surface area contributed by atoms with Crippen LogP contribution < -0.4 is 5.32 Å². The van der Waals surface area contributed by atoms with Gasteiger partial charge in [0, 0.05) is 11.8 Å². The van der Waals surface area contributed by atoms with Gasteiger partial charge in [0.25, 0.3) is 5.91 Å². The molecule has 1 rings (SSSR count). The van der Waals surface area contributed by atoms with Gasteiger partial charge in [0.2, 0.25) is 0 Å². The van der Waals surface area contributed by atoms with Crippen LogP contribution in [0.4, 0.5) is 0 Å². The lowest BCUT2D eigenvalue weighted by Gasteiger charge is -2.11. The van der Waals surface area contributed by atoms with Crippen molar-refractivity contribution in [2.75, 3.05) is 11.5 Å². The van der Waals surface area contributed by atoms with Crippen LogP contribution in [0, 0.1) is 0 Å². The summed E-state index contributed by atoms with van der Waals surface area (Å²) in [6.45, 7) is 4.07. The number of nitrogens with zero attached hydrogens (tertiary/aromatic N) is 2. The molecule has 0 aliphatic rings. The Hall–Kier alpha value is -1.04. The molecule has 0 spiro atoms. The summed E-state index contributed by atoms with van der Waals surface area (Å²) in [5, 5.41) is 12.5. The third-order valence-corrected chi connectivity index (χ3v) is 2.74. The number of aromatic nitrogens is 3. The first-order valence-corrected chi connectivity index (χ1v) is 5.64. The molecular weight excluding hydrogens is 200 g/mol. The number of aromatic amines is 1. The number of hydrogen-bond acceptors (Lipinski definition) is 4. The molecular formula is C8H14N4OS. The van der Waals surface area contributed by atoms with Crippen molar-refractivity contribution < 1.29 is 4.79 Å². The van der Waals surface area contributed by atoms with E-state index in [2.05, 4.69) is 27.7 Å². The summed E-state index contributed by atoms with van der Waals surface area (Å²) in [5.74, 6) is 1.80. The molecule has 6 heteroatoms. The van der Waals surface area contributed by atoms with Crippen molar-refractivity contribution in [3.05, 3.63) is 11.9 Å². The molecule has 1 aromatic rings. The molecule has 0 saturated heterocycles. The van der Waals surface area contributed by atoms with Gasteiger partial charge in [-0.25, -0.2) is 0 Å². The van der Waals surface area contributed by atoms with Crippen molar-refractivity contribution in [1.82, 2.24) is 20.7 Å². The summed E-state index contributed by atoms with van der Waals surface area (Å²) < 4.78 is 0. The highest BCUT2D eigenvalue weighted by molar-refractivity contribution is 7.99. The van der Waals surface area contributed by atoms with Crippen LogP contribution in [0.1, 0.15) is 24.3 Å². The minimum absolute atomic E-state index is 0.157. The minimum Gasteiger partial charge on any atom is -0.347 e. The Balaban J connectivity index is 2.34. The summed E-state index contributed by atoms with van der Waals surface area (Å²) in [6.07, 6.45) is 1.41. The van der Waals surface area contributed by atoms with Crippen molar-refractivity contribution >= 4 is 17.7 Å². The maximum Gasteiger partial charge on any atom is 0.273 e. The van der Waals surface area contributed by atoms with E-state index in [4.69, 9.17) is 0 Å². The van der Waals surface area contributed by atoms with E-state index in [0.717, 1.165) is 11.5 Å². The number of amides is 1. The second-order valence-corrected chi connectivity index (χ2v) is 4.21. The molecule has 0 aromatic carbocycles. The summed E-state index contributed by atoms with van der Waals surface area (Å²) in [6, 6.07) is 0.157. The predicted molar refractivity (Wildman–Crippen MR) is 56.3 cm³/mol. The Morgan fingerprint density at radius 1 is 1.79 bits per heavy atom. The van der Waals surface area contributed by atoms with E-state index >= 15 is 0 Å². The molecule has 1 aromatic heterocycles. The van der Waals surface area contributed by atoms with Crippen molar-refractivity contribution in [3.8, 4) is 0 Å². The van der Waals surface area contributed by atoms with Gasteiger partial charge < -0.3 is 5.32 Å². The lowest BCUT2D eigenvalue weighted by Crippen LogP contribution is -2.34. The number of carbonyl (C=O) groups is 1. The van der Waals surface area contributed by atoms with Crippen LogP contribution in [0.25, 0.3) is 0 Å². The van der Waals surface area contributed by atoms with E-state index in [1.165, 1.54) is 6.20 Å². The normalized spacial score (nSPS) is 12.4. The fourth-order valence-corrected chi connectivity index (χ4v) is 1.62. The number of thioether (sulfide) groups is 1. The molecule has 0 radical (unpaired) electrons. The summed E-state index contributed by atoms with van der Waals surface area (Å²) in [4.78, 5) is 11.4. The van der Waals surface area contributed by atoms with Gasteiger partial charge in [0.15, 0.2) is 5.69 Å². The molecule has 0 aliphatic heterocycles. The average Bonchev–Trinajstić information content (AvgIpc) is 2.67. The van der Waals surface area contributed by atoms with Crippen LogP contribution >= 0.6 is 11.8 Å². The molecule has 0 aliphatic carbocycles. The first kappa shape index (κ1) is 11.0. The van der Waals surface area contributed by atoms with Crippen molar-refractivity contribution in [3.63, 3.8) is 0 Å². The quantitative estimate of drug-likeness (QED) is 0.756. The van der Waals surface area contributed by atoms with Gasteiger partial charge in [-0.15, -0.1) is 0 Å². The third-order valence-electron chi connectivity index (χ3n) is 1.60. The number of nitrogens with one attached hydrogen (secondary N) is 2. The highest BCUT2D eigenvalue weighted by Gasteiger charge is 2.11. The smallest absolute Gasteiger partial charge is 0.273 e. The Bertz CT molecular complexity index is 275. The monoisotopic (exact) mass is 214 g/mol. The molecule has 1 amide bonds. The fraction of sp³-hybridized carbons (Fsp3) is 0.625. The number of hydrogen-bond donors (Lipinski definition) is 2. The number of carbonyl (C=O) groups excluding carboxylic acids is 1. The number of H-pyrrole nitrogens is 1. The van der Waals surface area contributed by atoms with E-state index in [9.17, 15) is 4.79 Å². The molecule has 0 saturated carbocycles. The van der Waals surface area contributed by atoms with Gasteiger partial charge in [0.1, 0.15) is 0 Å². The van der Waals surface area contributed by atoms with Crippen molar-refractivity contribution in [2.45, 2.75) is 19.9 Å². The lowest BCUT2D eigenvalue weighted by atomic mass is 10.3. The Labute approximate surface area is 87.0 Å². The predicted octanol–water partition coefficient (Wildman–Crippen LogP) is 0.676. The highest BCUT2D eigenvalue weighted by Crippen LogP contribution is 2.01. The maximum atomic E-state index is 11.4. The second-order valence-electron chi connectivity index (χ2n) is 2.89. The molecule has 1 heterocycles. The van der Waals surface area contributed by atoms with E-state index < -0.39 is 0 Å². The van der Waals surface area contributed by atoms with Gasteiger partial charge in [-0.2, -0.15) is 27.2 Å². The van der Waals surface area contributed by atoms with E-state index in [1.807, 2.05) is 6.92 Å². The van der Waals surface area contributed by atoms with Crippen LogP contribution in [-0.4, -0.2) is 38.9 Å². The molecule has 5 nitrogen and oxygen atoms in total. The molecule has 1 unspecified atom stereocenters. The molecule has 1 atom stereocenters. The summed E-state index contributed by atoms with van der Waals surface area (Å²) in [7, 11) is 0. The van der Waals surface area contributed by atoms with Gasteiger partial charge in [-0.1, -0.05) is 6.92 Å². The topological polar surface area (TPSA) is 70.7 Å². The van der Waals surface area contributed by atoms with Crippen LogP contribution in [-0.2, 0) is 0 Å². The van der Waals surface area contributed by atoms with Crippen LogP contribution in [0.2, 0.25) is 0 Å². The lowest BCUT2D eigenvalue weighted by molar-refractivity contribution is 0.0938. The van der Waals surface area contributed by atoms with Crippen LogP contribution in [0.15, 0.2) is 6.20 Å². The zero-order chi connectivity index (χ0) is 10.4. The highest BCUT2D eigenvalue weighted by atomic mass is 32.2. The molecule has 2 N–H and O–H groups in total. The second kappa shape index (κ2) is 5.64. The maximum absolute atomic E-state index is 11.4. The molecule has 0 bridgehead atoms. The summed E-state index contributed by atoms with van der Waals surface area (Å²) >= 11 is 1.80. The third kappa shape index (κ3) is 3.37. The molecule has 78 valence electrons. The number of rotatable bonds is 5. The Morgan fingerprint density at radius 3 is 3.14 bits per heavy atom. The standard InChI is InChI=1S/C8H14N4OS/c1-3-14-5-6(2)10-8(13)7-4-9-12-11-7/h4,6H,3,5H2,1-2H3,(H,10,13)(H,9,11,12). The van der Waals surface area contributed by atoms with Crippen molar-refractivity contribution in [1.29, 1.82) is 0 Å². The van der Waals surface area contributed by atoms with Gasteiger partial charge >= 0.3 is 0 Å². The van der Waals surface area contributed by atoms with Gasteiger partial charge in [-0.05, 0) is 12.7 Å². The van der Waals surface area contributed by atoms with E-state index in [1.54, 1.807) is 11.8 Å². The van der Waals surface area contributed by atoms with Gasteiger partial charge in [-0.3, -0.25) is 4.79 Å². The van der Waals surface area contributed by atoms with Crippen LogP contribution in [0.5, 0.6) is 0 Å². The Morgan fingerprint density at radius 2 is 2.57 bits per heavy atom. The van der Waals surface area contributed by atoms with Gasteiger partial charge in [0.05, 0.1) is 6.20 Å². The first-order chi connectivity index (χ1) is 6.74. The fourth-order valence-electron chi connectivity index (χ4n) is 0.945. The first-order valence-electron chi connectivity index (χ1n) is 4.48. The van der Waals surface area contributed by atoms with E-state index in [-0.39, 0.29) is 11.9 Å². The molecule has 0 fully saturated rings. The summed E-state index contributed by atoms with van der Waals surface area (Å²) in [5.41, 5.74) is 0.332. The average molecular weight is 214 g/mol. The largest absolute Gasteiger partial charge is 0.347 e. The zero-order valence-electron chi connectivity index (χ0n) is 8.28. The van der Waals surface area contributed by atoms with E-state index in [0.29, 0.717) is 5.69 Å². The minimum atomic E-state index is -0.178. The SMILES string of the molecule is CCSCC(C)NC(=O)c1cn[nH]n1. The molecule has 14 heavy (non-hydrogen) atoms. The van der Waals surface area contributed by atoms with Crippen LogP contribution in [0.3, 0.4) is 0 Å². The van der Waals surface area contributed by atoms with Crippen molar-refractivity contribution in [2.24, 2.45) is 0 Å².